The molecule has 1 saturated heterocycles. The lowest BCUT2D eigenvalue weighted by Gasteiger charge is -2.34. The molecule has 26 heavy (non-hydrogen) atoms. The molecule has 0 bridgehead atoms. The van der Waals surface area contributed by atoms with Crippen molar-refractivity contribution in [2.24, 2.45) is 0 Å². The fourth-order valence-electron chi connectivity index (χ4n) is 2.97. The fourth-order valence-corrected chi connectivity index (χ4v) is 5.13. The molecule has 0 saturated carbocycles. The Kier molecular flexibility index (Phi) is 5.35. The van der Waals surface area contributed by atoms with Crippen LogP contribution < -0.4 is 0 Å². The van der Waals surface area contributed by atoms with Crippen molar-refractivity contribution in [1.82, 2.24) is 9.21 Å². The predicted octanol–water partition coefficient (Wildman–Crippen LogP) is 3.35. The first-order valence-electron chi connectivity index (χ1n) is 8.02. The number of benzene rings is 1. The zero-order valence-corrected chi connectivity index (χ0v) is 16.7. The van der Waals surface area contributed by atoms with Gasteiger partial charge in [0.1, 0.15) is 16.4 Å². The van der Waals surface area contributed by atoms with E-state index in [-0.39, 0.29) is 33.9 Å². The second-order valence-electron chi connectivity index (χ2n) is 6.08. The summed E-state index contributed by atoms with van der Waals surface area (Å²) < 4.78 is 32.4. The smallest absolute Gasteiger partial charge is 0.257 e. The minimum absolute atomic E-state index is 0.0113. The van der Waals surface area contributed by atoms with E-state index < -0.39 is 10.0 Å². The predicted molar refractivity (Wildman–Crippen MR) is 99.3 cm³/mol. The number of nitrogens with zero attached hydrogens (tertiary/aromatic N) is 2. The molecule has 1 amide bonds. The molecule has 1 aromatic carbocycles. The van der Waals surface area contributed by atoms with Gasteiger partial charge in [-0.1, -0.05) is 29.3 Å². The van der Waals surface area contributed by atoms with Gasteiger partial charge in [-0.05, 0) is 32.0 Å². The molecule has 1 aromatic heterocycles. The summed E-state index contributed by atoms with van der Waals surface area (Å²) in [5.41, 5.74) is 0.511. The number of rotatable bonds is 3. The van der Waals surface area contributed by atoms with Crippen molar-refractivity contribution in [1.29, 1.82) is 0 Å². The van der Waals surface area contributed by atoms with Crippen molar-refractivity contribution in [3.8, 4) is 0 Å². The Hall–Kier alpha value is -1.54. The minimum atomic E-state index is -3.77. The maximum absolute atomic E-state index is 12.8. The van der Waals surface area contributed by atoms with Gasteiger partial charge in [-0.2, -0.15) is 4.31 Å². The molecule has 2 heterocycles. The highest BCUT2D eigenvalue weighted by atomic mass is 35.5. The van der Waals surface area contributed by atoms with E-state index in [1.54, 1.807) is 30.9 Å². The van der Waals surface area contributed by atoms with Crippen LogP contribution in [0.5, 0.6) is 0 Å². The topological polar surface area (TPSA) is 70.8 Å². The first-order chi connectivity index (χ1) is 12.2. The van der Waals surface area contributed by atoms with E-state index in [9.17, 15) is 13.2 Å². The molecule has 2 aromatic rings. The fraction of sp³-hybridized carbons (Fsp3) is 0.353. The van der Waals surface area contributed by atoms with Crippen LogP contribution in [0.3, 0.4) is 0 Å². The van der Waals surface area contributed by atoms with Crippen molar-refractivity contribution in [2.45, 2.75) is 18.7 Å². The third-order valence-corrected chi connectivity index (χ3v) is 7.20. The van der Waals surface area contributed by atoms with Crippen LogP contribution in [0.25, 0.3) is 0 Å². The summed E-state index contributed by atoms with van der Waals surface area (Å²) in [6.45, 7) is 4.48. The quantitative estimate of drug-likeness (QED) is 0.768. The first-order valence-corrected chi connectivity index (χ1v) is 10.2. The summed E-state index contributed by atoms with van der Waals surface area (Å²) >= 11 is 12.0. The summed E-state index contributed by atoms with van der Waals surface area (Å²) in [6.07, 6.45) is 0. The summed E-state index contributed by atoms with van der Waals surface area (Å²) in [6, 6.07) is 6.21. The molecule has 0 unspecified atom stereocenters. The molecule has 9 heteroatoms. The molecule has 1 fully saturated rings. The van der Waals surface area contributed by atoms with E-state index in [0.29, 0.717) is 30.2 Å². The number of carbonyl (C=O) groups excluding carboxylic acids is 1. The summed E-state index contributed by atoms with van der Waals surface area (Å²) in [4.78, 5) is 14.2. The highest BCUT2D eigenvalue weighted by Crippen LogP contribution is 2.31. The van der Waals surface area contributed by atoms with Gasteiger partial charge < -0.3 is 9.32 Å². The molecule has 0 atom stereocenters. The number of sulfonamides is 1. The third kappa shape index (κ3) is 3.49. The number of amides is 1. The van der Waals surface area contributed by atoms with E-state index in [0.717, 1.165) is 0 Å². The number of hydrogen-bond acceptors (Lipinski definition) is 4. The Morgan fingerprint density at radius 1 is 1.12 bits per heavy atom. The number of aryl methyl sites for hydroxylation is 2. The van der Waals surface area contributed by atoms with Crippen LogP contribution in [0.4, 0.5) is 0 Å². The van der Waals surface area contributed by atoms with Crippen molar-refractivity contribution in [3.63, 3.8) is 0 Å². The van der Waals surface area contributed by atoms with Gasteiger partial charge in [0.25, 0.3) is 5.91 Å². The van der Waals surface area contributed by atoms with Gasteiger partial charge in [0, 0.05) is 26.2 Å². The van der Waals surface area contributed by atoms with Crippen molar-refractivity contribution in [3.05, 3.63) is 51.4 Å². The van der Waals surface area contributed by atoms with Crippen molar-refractivity contribution >= 4 is 39.1 Å². The Balaban J connectivity index is 1.75. The van der Waals surface area contributed by atoms with Crippen LogP contribution in [-0.2, 0) is 10.0 Å². The molecule has 1 aliphatic rings. The van der Waals surface area contributed by atoms with Crippen molar-refractivity contribution < 1.29 is 17.6 Å². The number of furan rings is 1. The van der Waals surface area contributed by atoms with Crippen LogP contribution in [0.1, 0.15) is 21.9 Å². The molecule has 0 N–H and O–H groups in total. The molecule has 1 aliphatic heterocycles. The molecular weight excluding hydrogens is 399 g/mol. The van der Waals surface area contributed by atoms with Gasteiger partial charge in [0.15, 0.2) is 0 Å². The lowest BCUT2D eigenvalue weighted by Crippen LogP contribution is -2.50. The lowest BCUT2D eigenvalue weighted by atomic mass is 10.2. The largest absolute Gasteiger partial charge is 0.466 e. The Labute approximate surface area is 162 Å². The molecule has 6 nitrogen and oxygen atoms in total. The van der Waals surface area contributed by atoms with Crippen molar-refractivity contribution in [2.75, 3.05) is 26.2 Å². The lowest BCUT2D eigenvalue weighted by molar-refractivity contribution is 0.0696. The van der Waals surface area contributed by atoms with E-state index in [2.05, 4.69) is 0 Å². The van der Waals surface area contributed by atoms with Gasteiger partial charge in [0.2, 0.25) is 10.0 Å². The van der Waals surface area contributed by atoms with Crippen LogP contribution in [-0.4, -0.2) is 49.7 Å². The standard InChI is InChI=1S/C17H18Cl2N2O4S/c1-11-10-13(12(2)25-11)17(22)20-6-8-21(9-7-20)26(23,24)15-5-3-4-14(18)16(15)19/h3-5,10H,6-9H2,1-2H3. The average molecular weight is 417 g/mol. The normalized spacial score (nSPS) is 16.1. The van der Waals surface area contributed by atoms with Gasteiger partial charge in [-0.15, -0.1) is 0 Å². The number of carbonyl (C=O) groups is 1. The zero-order valence-electron chi connectivity index (χ0n) is 14.3. The maximum atomic E-state index is 12.8. The van der Waals surface area contributed by atoms with Crippen LogP contribution in [0, 0.1) is 13.8 Å². The van der Waals surface area contributed by atoms with E-state index in [1.165, 1.54) is 16.4 Å². The maximum Gasteiger partial charge on any atom is 0.257 e. The molecule has 0 aliphatic carbocycles. The Bertz CT molecular complexity index is 948. The first kappa shape index (κ1) is 19.2. The Morgan fingerprint density at radius 3 is 2.35 bits per heavy atom. The van der Waals surface area contributed by atoms with E-state index in [4.69, 9.17) is 27.6 Å². The summed E-state index contributed by atoms with van der Waals surface area (Å²) in [5.74, 6) is 1.08. The molecule has 140 valence electrons. The third-order valence-electron chi connectivity index (χ3n) is 4.33. The number of piperazine rings is 1. The van der Waals surface area contributed by atoms with Gasteiger partial charge >= 0.3 is 0 Å². The monoisotopic (exact) mass is 416 g/mol. The summed E-state index contributed by atoms with van der Waals surface area (Å²) in [7, 11) is -3.77. The highest BCUT2D eigenvalue weighted by Gasteiger charge is 2.32. The van der Waals surface area contributed by atoms with Crippen LogP contribution in [0.15, 0.2) is 33.6 Å². The second kappa shape index (κ2) is 7.23. The highest BCUT2D eigenvalue weighted by molar-refractivity contribution is 7.89. The molecule has 0 spiro atoms. The number of hydrogen-bond donors (Lipinski definition) is 0. The van der Waals surface area contributed by atoms with Crippen LogP contribution >= 0.6 is 23.2 Å². The van der Waals surface area contributed by atoms with Gasteiger partial charge in [-0.3, -0.25) is 4.79 Å². The van der Waals surface area contributed by atoms with E-state index >= 15 is 0 Å². The van der Waals surface area contributed by atoms with Crippen LogP contribution in [0.2, 0.25) is 10.0 Å². The minimum Gasteiger partial charge on any atom is -0.466 e. The zero-order chi connectivity index (χ0) is 19.1. The summed E-state index contributed by atoms with van der Waals surface area (Å²) in [5, 5.41) is 0.199. The molecular formula is C17H18Cl2N2O4S. The SMILES string of the molecule is Cc1cc(C(=O)N2CCN(S(=O)(=O)c3cccc(Cl)c3Cl)CC2)c(C)o1. The number of halogens is 2. The molecule has 3 rings (SSSR count). The average Bonchev–Trinajstić information content (AvgIpc) is 2.95. The van der Waals surface area contributed by atoms with Gasteiger partial charge in [0.05, 0.1) is 15.6 Å². The second-order valence-corrected chi connectivity index (χ2v) is 8.77. The van der Waals surface area contributed by atoms with E-state index in [1.807, 2.05) is 0 Å². The Morgan fingerprint density at radius 2 is 1.77 bits per heavy atom. The van der Waals surface area contributed by atoms with Gasteiger partial charge in [-0.25, -0.2) is 8.42 Å². The molecule has 0 radical (unpaired) electrons.